The van der Waals surface area contributed by atoms with Crippen LogP contribution in [0.3, 0.4) is 0 Å². The lowest BCUT2D eigenvalue weighted by Gasteiger charge is -2.24. The molecule has 1 saturated heterocycles. The number of halogens is 2. The van der Waals surface area contributed by atoms with Gasteiger partial charge >= 0.3 is 14.5 Å². The first-order valence-corrected chi connectivity index (χ1v) is 14.7. The van der Waals surface area contributed by atoms with Crippen molar-refractivity contribution in [1.82, 2.24) is 15.7 Å². The summed E-state index contributed by atoms with van der Waals surface area (Å²) in [4.78, 5) is 24.2. The molecule has 0 aromatic heterocycles. The molecule has 0 radical (unpaired) electrons. The van der Waals surface area contributed by atoms with Gasteiger partial charge in [-0.25, -0.2) is 13.9 Å². The molecule has 1 fully saturated rings. The highest BCUT2D eigenvalue weighted by atomic mass is 31.2. The van der Waals surface area contributed by atoms with Crippen LogP contribution >= 0.6 is 8.53 Å². The van der Waals surface area contributed by atoms with Gasteiger partial charge in [0.25, 0.3) is 5.92 Å². The highest BCUT2D eigenvalue weighted by Gasteiger charge is 2.51. The molecule has 4 unspecified atom stereocenters. The maximum absolute atomic E-state index is 14.7. The van der Waals surface area contributed by atoms with Gasteiger partial charge in [-0.1, -0.05) is 50.2 Å². The van der Waals surface area contributed by atoms with E-state index in [0.29, 0.717) is 11.6 Å². The molecule has 3 N–H and O–H groups in total. The predicted molar refractivity (Wildman–Crippen MR) is 163 cm³/mol. The molecule has 10 nitrogen and oxygen atoms in total. The van der Waals surface area contributed by atoms with Gasteiger partial charge in [-0.15, -0.1) is 0 Å². The van der Waals surface area contributed by atoms with Gasteiger partial charge in [0.05, 0.1) is 18.8 Å². The van der Waals surface area contributed by atoms with E-state index in [1.165, 1.54) is 12.3 Å². The van der Waals surface area contributed by atoms with Crippen molar-refractivity contribution in [3.05, 3.63) is 54.4 Å². The average Bonchev–Trinajstić information content (AvgIpc) is 3.28. The van der Waals surface area contributed by atoms with Gasteiger partial charge in [-0.2, -0.15) is 0 Å². The first kappa shape index (κ1) is 36.8. The smallest absolute Gasteiger partial charge is 0.323 e. The van der Waals surface area contributed by atoms with Crippen LogP contribution in [-0.4, -0.2) is 70.1 Å². The Bertz CT molecular complexity index is 1150. The van der Waals surface area contributed by atoms with E-state index >= 15 is 0 Å². The summed E-state index contributed by atoms with van der Waals surface area (Å²) in [6.45, 7) is 10.9. The van der Waals surface area contributed by atoms with Crippen molar-refractivity contribution in [3.8, 4) is 5.75 Å². The van der Waals surface area contributed by atoms with Crippen molar-refractivity contribution < 1.29 is 36.9 Å². The van der Waals surface area contributed by atoms with E-state index in [0.717, 1.165) is 10.8 Å². The largest absolute Gasteiger partial charge is 0.462 e. The van der Waals surface area contributed by atoms with Crippen LogP contribution in [0.15, 0.2) is 59.4 Å². The van der Waals surface area contributed by atoms with Crippen LogP contribution in [0.2, 0.25) is 0 Å². The van der Waals surface area contributed by atoms with E-state index in [1.807, 2.05) is 57.0 Å². The molecule has 0 amide bonds. The highest BCUT2D eigenvalue weighted by Crippen LogP contribution is 2.41. The van der Waals surface area contributed by atoms with Crippen LogP contribution in [0.25, 0.3) is 10.8 Å². The number of benzene rings is 2. The van der Waals surface area contributed by atoms with Gasteiger partial charge in [0, 0.05) is 32.1 Å². The fourth-order valence-electron chi connectivity index (χ4n) is 3.63. The third-order valence-electron chi connectivity index (χ3n) is 5.47. The fraction of sp³-hybridized carbons (Fsp3) is 0.483. The summed E-state index contributed by atoms with van der Waals surface area (Å²) < 4.78 is 52.4. The van der Waals surface area contributed by atoms with E-state index in [4.69, 9.17) is 23.3 Å². The minimum Gasteiger partial charge on any atom is -0.462 e. The molecule has 4 atom stereocenters. The molecule has 2 aromatic carbocycles. The van der Waals surface area contributed by atoms with Crippen LogP contribution in [0, 0.1) is 0 Å². The second kappa shape index (κ2) is 19.1. The number of aliphatic imine (C=N–C) groups is 1. The molecule has 1 heterocycles. The molecule has 1 aliphatic heterocycles. The Kier molecular flexibility index (Phi) is 16.8. The van der Waals surface area contributed by atoms with Gasteiger partial charge < -0.3 is 33.9 Å². The number of carbonyl (C=O) groups excluding carboxylic acids is 2. The summed E-state index contributed by atoms with van der Waals surface area (Å²) in [5.74, 6) is -2.76. The van der Waals surface area contributed by atoms with Crippen molar-refractivity contribution in [2.75, 3.05) is 20.7 Å². The van der Waals surface area contributed by atoms with Crippen molar-refractivity contribution >= 4 is 38.3 Å². The first-order valence-electron chi connectivity index (χ1n) is 13.6. The zero-order chi connectivity index (χ0) is 31.7. The Balaban J connectivity index is 0.00000211. The van der Waals surface area contributed by atoms with Crippen LogP contribution in [0.4, 0.5) is 8.78 Å². The molecule has 0 aliphatic carbocycles. The topological polar surface area (TPSA) is 120 Å². The van der Waals surface area contributed by atoms with Gasteiger partial charge in [-0.3, -0.25) is 9.79 Å². The molecular weight excluding hydrogens is 569 g/mol. The highest BCUT2D eigenvalue weighted by molar-refractivity contribution is 7.45. The van der Waals surface area contributed by atoms with Gasteiger partial charge in [0.1, 0.15) is 24.4 Å². The van der Waals surface area contributed by atoms with E-state index in [9.17, 15) is 13.6 Å². The van der Waals surface area contributed by atoms with Crippen molar-refractivity contribution in [1.29, 1.82) is 0 Å². The molecule has 1 aliphatic rings. The zero-order valence-electron chi connectivity index (χ0n) is 25.2. The van der Waals surface area contributed by atoms with Gasteiger partial charge in [0.2, 0.25) is 0 Å². The Morgan fingerprint density at radius 1 is 1.19 bits per heavy atom. The molecular formula is C29H43F2N4O6P. The molecule has 0 bridgehead atoms. The second-order valence-corrected chi connectivity index (χ2v) is 10.2. The first-order chi connectivity index (χ1) is 20.1. The third-order valence-corrected chi connectivity index (χ3v) is 6.82. The van der Waals surface area contributed by atoms with Crippen LogP contribution in [0.1, 0.15) is 41.0 Å². The molecule has 3 rings (SSSR count). The average molecular weight is 613 g/mol. The predicted octanol–water partition coefficient (Wildman–Crippen LogP) is 5.33. The zero-order valence-corrected chi connectivity index (χ0v) is 26.1. The number of rotatable bonds is 13. The number of ether oxygens (including phenoxy) is 2. The minimum absolute atomic E-state index is 0.182. The van der Waals surface area contributed by atoms with E-state index < -0.39 is 45.2 Å². The Morgan fingerprint density at radius 2 is 1.86 bits per heavy atom. The third kappa shape index (κ3) is 11.6. The van der Waals surface area contributed by atoms with E-state index in [-0.39, 0.29) is 12.7 Å². The summed E-state index contributed by atoms with van der Waals surface area (Å²) in [6.07, 6.45) is -0.314. The maximum Gasteiger partial charge on any atom is 0.323 e. The summed E-state index contributed by atoms with van der Waals surface area (Å²) >= 11 is 0. The minimum atomic E-state index is -3.14. The molecule has 13 heteroatoms. The normalized spacial score (nSPS) is 19.2. The number of nitrogens with zero attached hydrogens (tertiary/aromatic N) is 1. The fourth-order valence-corrected chi connectivity index (χ4v) is 4.87. The number of hydrogen-bond acceptors (Lipinski definition) is 10. The number of hydrogen-bond donors (Lipinski definition) is 3. The van der Waals surface area contributed by atoms with E-state index in [2.05, 4.69) is 20.7 Å². The number of fused-ring (bicyclic) bond motifs is 1. The second-order valence-electron chi connectivity index (χ2n) is 8.94. The Morgan fingerprint density at radius 3 is 2.50 bits per heavy atom. The number of allylic oxidation sites excluding steroid dienone is 1. The lowest BCUT2D eigenvalue weighted by atomic mass is 10.1. The van der Waals surface area contributed by atoms with Crippen molar-refractivity contribution in [2.24, 2.45) is 4.99 Å². The quantitative estimate of drug-likeness (QED) is 0.157. The lowest BCUT2D eigenvalue weighted by molar-refractivity contribution is -0.149. The lowest BCUT2D eigenvalue weighted by Crippen LogP contribution is -2.43. The van der Waals surface area contributed by atoms with Crippen LogP contribution in [-0.2, 0) is 23.6 Å². The summed E-state index contributed by atoms with van der Waals surface area (Å²) in [5.41, 5.74) is 0. The summed E-state index contributed by atoms with van der Waals surface area (Å²) in [7, 11) is 1.25. The standard InChI is InChI=1S/C26H35F2N4O5P.C2H6.CH2O/c1-17(2)35-24(33)18(3)32-38(37-22-12-8-10-19-9-6-7-11-21(19)22)34-16-20-15-26(27,28)25(36-20)31-23(30-5)13-14-29-4;2*1-2/h6-14,17-18,20,25,30-32H,15-16H2,1-5H3;1-2H3;1H2/b23-13-,29-14?;;. The summed E-state index contributed by atoms with van der Waals surface area (Å²) in [5, 5.41) is 10.3. The van der Waals surface area contributed by atoms with Gasteiger partial charge in [-0.05, 0) is 38.3 Å². The Labute approximate surface area is 248 Å². The molecule has 0 spiro atoms. The maximum atomic E-state index is 14.7. The number of nitrogens with one attached hydrogen (secondary N) is 3. The summed E-state index contributed by atoms with van der Waals surface area (Å²) in [6, 6.07) is 12.5. The SMILES string of the molecule is C=O.CC.CN=C/C=C(/NC)NC1OC(COP(NC(C)C(=O)OC(C)C)Oc2cccc3ccccc23)CC1(F)F. The van der Waals surface area contributed by atoms with Gasteiger partial charge in [0.15, 0.2) is 6.23 Å². The monoisotopic (exact) mass is 612 g/mol. The van der Waals surface area contributed by atoms with Crippen LogP contribution in [0.5, 0.6) is 5.75 Å². The molecule has 234 valence electrons. The van der Waals surface area contributed by atoms with Crippen LogP contribution < -0.4 is 20.2 Å². The molecule has 2 aromatic rings. The number of esters is 1. The number of alkyl halides is 2. The van der Waals surface area contributed by atoms with Crippen molar-refractivity contribution in [2.45, 2.75) is 71.4 Å². The molecule has 42 heavy (non-hydrogen) atoms. The van der Waals surface area contributed by atoms with E-state index in [1.54, 1.807) is 40.9 Å². The molecule has 0 saturated carbocycles. The van der Waals surface area contributed by atoms with Crippen molar-refractivity contribution in [3.63, 3.8) is 0 Å². The Hall–Kier alpha value is -3.18. The number of carbonyl (C=O) groups is 2.